The van der Waals surface area contributed by atoms with Crippen LogP contribution in [0.2, 0.25) is 0 Å². The predicted molar refractivity (Wildman–Crippen MR) is 72.5 cm³/mol. The minimum Gasteiger partial charge on any atom is -0.487 e. The van der Waals surface area contributed by atoms with E-state index in [2.05, 4.69) is 0 Å². The Morgan fingerprint density at radius 3 is 2.42 bits per heavy atom. The summed E-state index contributed by atoms with van der Waals surface area (Å²) in [6.45, 7) is 3.51. The molecule has 100 valence electrons. The fraction of sp³-hybridized carbons (Fsp3) is 0.267. The second-order valence-corrected chi connectivity index (χ2v) is 4.32. The van der Waals surface area contributed by atoms with E-state index in [9.17, 15) is 4.79 Å². The zero-order chi connectivity index (χ0) is 13.7. The molecule has 0 aliphatic rings. The van der Waals surface area contributed by atoms with Crippen molar-refractivity contribution in [2.45, 2.75) is 20.0 Å². The average molecular weight is 259 g/mol. The van der Waals surface area contributed by atoms with Crippen LogP contribution in [-0.2, 0) is 9.53 Å². The quantitative estimate of drug-likeness (QED) is 0.775. The SMILES string of the molecule is CC(=O)OCC(C)Oc1ccc(-n2cccc2)cc1. The van der Waals surface area contributed by atoms with Crippen molar-refractivity contribution < 1.29 is 14.3 Å². The molecule has 0 aliphatic heterocycles. The van der Waals surface area contributed by atoms with Crippen molar-refractivity contribution in [1.82, 2.24) is 4.57 Å². The fourth-order valence-corrected chi connectivity index (χ4v) is 1.70. The summed E-state index contributed by atoms with van der Waals surface area (Å²) in [5.41, 5.74) is 1.07. The molecule has 19 heavy (non-hydrogen) atoms. The van der Waals surface area contributed by atoms with Crippen LogP contribution in [0.25, 0.3) is 5.69 Å². The van der Waals surface area contributed by atoms with E-state index < -0.39 is 0 Å². The third kappa shape index (κ3) is 3.88. The zero-order valence-corrected chi connectivity index (χ0v) is 11.1. The summed E-state index contributed by atoms with van der Waals surface area (Å²) >= 11 is 0. The normalized spacial score (nSPS) is 11.9. The molecule has 1 heterocycles. The summed E-state index contributed by atoms with van der Waals surface area (Å²) in [6.07, 6.45) is 3.81. The highest BCUT2D eigenvalue weighted by Gasteiger charge is 2.06. The number of ether oxygens (including phenoxy) is 2. The maximum absolute atomic E-state index is 10.7. The summed E-state index contributed by atoms with van der Waals surface area (Å²) in [5, 5.41) is 0. The molecule has 4 heteroatoms. The maximum atomic E-state index is 10.7. The van der Waals surface area contributed by atoms with Crippen molar-refractivity contribution in [1.29, 1.82) is 0 Å². The first-order valence-corrected chi connectivity index (χ1v) is 6.18. The van der Waals surface area contributed by atoms with Crippen LogP contribution in [0.3, 0.4) is 0 Å². The van der Waals surface area contributed by atoms with Crippen LogP contribution in [-0.4, -0.2) is 23.2 Å². The number of esters is 1. The molecule has 0 fully saturated rings. The average Bonchev–Trinajstić information content (AvgIpc) is 2.91. The van der Waals surface area contributed by atoms with Crippen LogP contribution in [0, 0.1) is 0 Å². The van der Waals surface area contributed by atoms with Crippen molar-refractivity contribution in [3.8, 4) is 11.4 Å². The summed E-state index contributed by atoms with van der Waals surface area (Å²) in [4.78, 5) is 10.7. The molecule has 2 aromatic rings. The molecule has 1 atom stereocenters. The van der Waals surface area contributed by atoms with Crippen LogP contribution >= 0.6 is 0 Å². The number of aromatic nitrogens is 1. The smallest absolute Gasteiger partial charge is 0.302 e. The summed E-state index contributed by atoms with van der Waals surface area (Å²) in [7, 11) is 0. The van der Waals surface area contributed by atoms with E-state index in [-0.39, 0.29) is 18.7 Å². The van der Waals surface area contributed by atoms with Gasteiger partial charge in [-0.15, -0.1) is 0 Å². The van der Waals surface area contributed by atoms with Gasteiger partial charge in [0.15, 0.2) is 0 Å². The van der Waals surface area contributed by atoms with Gasteiger partial charge in [0.25, 0.3) is 0 Å². The highest BCUT2D eigenvalue weighted by molar-refractivity contribution is 5.65. The van der Waals surface area contributed by atoms with Gasteiger partial charge in [-0.05, 0) is 43.3 Å². The first-order chi connectivity index (χ1) is 9.15. The number of rotatable bonds is 5. The highest BCUT2D eigenvalue weighted by Crippen LogP contribution is 2.16. The standard InChI is InChI=1S/C15H17NO3/c1-12(11-18-13(2)17)19-15-7-5-14(6-8-15)16-9-3-4-10-16/h3-10,12H,11H2,1-2H3. The summed E-state index contributed by atoms with van der Waals surface area (Å²) < 4.78 is 12.6. The highest BCUT2D eigenvalue weighted by atomic mass is 16.6. The molecule has 2 rings (SSSR count). The van der Waals surface area contributed by atoms with Gasteiger partial charge >= 0.3 is 5.97 Å². The second kappa shape index (κ2) is 6.09. The lowest BCUT2D eigenvalue weighted by Gasteiger charge is -2.14. The molecule has 0 spiro atoms. The fourth-order valence-electron chi connectivity index (χ4n) is 1.70. The lowest BCUT2D eigenvalue weighted by atomic mass is 10.3. The number of hydrogen-bond donors (Lipinski definition) is 0. The second-order valence-electron chi connectivity index (χ2n) is 4.32. The van der Waals surface area contributed by atoms with Crippen molar-refractivity contribution in [2.75, 3.05) is 6.61 Å². The number of carbonyl (C=O) groups is 1. The molecule has 0 aliphatic carbocycles. The molecule has 0 saturated carbocycles. The molecule has 0 bridgehead atoms. The van der Waals surface area contributed by atoms with E-state index in [1.54, 1.807) is 0 Å². The molecular weight excluding hydrogens is 242 g/mol. The number of hydrogen-bond acceptors (Lipinski definition) is 3. The Bertz CT molecular complexity index is 517. The topological polar surface area (TPSA) is 40.5 Å². The maximum Gasteiger partial charge on any atom is 0.302 e. The van der Waals surface area contributed by atoms with Gasteiger partial charge in [-0.2, -0.15) is 0 Å². The molecular formula is C15H17NO3. The van der Waals surface area contributed by atoms with Crippen LogP contribution in [0.5, 0.6) is 5.75 Å². The lowest BCUT2D eigenvalue weighted by Crippen LogP contribution is -2.20. The molecule has 4 nitrogen and oxygen atoms in total. The van der Waals surface area contributed by atoms with Gasteiger partial charge in [-0.3, -0.25) is 4.79 Å². The largest absolute Gasteiger partial charge is 0.487 e. The molecule has 0 N–H and O–H groups in total. The molecule has 0 radical (unpaired) electrons. The Morgan fingerprint density at radius 1 is 1.21 bits per heavy atom. The first-order valence-electron chi connectivity index (χ1n) is 6.18. The van der Waals surface area contributed by atoms with Crippen molar-refractivity contribution in [2.24, 2.45) is 0 Å². The van der Waals surface area contributed by atoms with E-state index in [0.29, 0.717) is 0 Å². The van der Waals surface area contributed by atoms with Crippen molar-refractivity contribution in [3.63, 3.8) is 0 Å². The van der Waals surface area contributed by atoms with Crippen molar-refractivity contribution in [3.05, 3.63) is 48.8 Å². The monoisotopic (exact) mass is 259 g/mol. The molecule has 0 saturated heterocycles. The third-order valence-electron chi connectivity index (χ3n) is 2.60. The van der Waals surface area contributed by atoms with Gasteiger partial charge in [0.05, 0.1) is 0 Å². The predicted octanol–water partition coefficient (Wildman–Crippen LogP) is 2.81. The van der Waals surface area contributed by atoms with E-state index in [0.717, 1.165) is 11.4 Å². The summed E-state index contributed by atoms with van der Waals surface area (Å²) in [6, 6.07) is 11.7. The first kappa shape index (κ1) is 13.2. The summed E-state index contributed by atoms with van der Waals surface area (Å²) in [5.74, 6) is 0.467. The van der Waals surface area contributed by atoms with Crippen LogP contribution in [0.15, 0.2) is 48.8 Å². The zero-order valence-electron chi connectivity index (χ0n) is 11.1. The Kier molecular flexibility index (Phi) is 4.23. The Hall–Kier alpha value is -2.23. The van der Waals surface area contributed by atoms with E-state index in [4.69, 9.17) is 9.47 Å². The van der Waals surface area contributed by atoms with Crippen LogP contribution in [0.4, 0.5) is 0 Å². The molecule has 1 aromatic heterocycles. The molecule has 1 unspecified atom stereocenters. The number of carbonyl (C=O) groups excluding carboxylic acids is 1. The molecule has 0 amide bonds. The number of benzene rings is 1. The van der Waals surface area contributed by atoms with Crippen molar-refractivity contribution >= 4 is 5.97 Å². The van der Waals surface area contributed by atoms with Gasteiger partial charge in [0, 0.05) is 25.0 Å². The van der Waals surface area contributed by atoms with Gasteiger partial charge in [0.2, 0.25) is 0 Å². The minimum atomic E-state index is -0.293. The molecule has 1 aromatic carbocycles. The lowest BCUT2D eigenvalue weighted by molar-refractivity contribution is -0.143. The Balaban J connectivity index is 1.93. The van der Waals surface area contributed by atoms with Gasteiger partial charge in [-0.1, -0.05) is 0 Å². The third-order valence-corrected chi connectivity index (χ3v) is 2.60. The van der Waals surface area contributed by atoms with E-state index >= 15 is 0 Å². The van der Waals surface area contributed by atoms with Gasteiger partial charge < -0.3 is 14.0 Å². The van der Waals surface area contributed by atoms with E-state index in [1.807, 2.05) is 60.3 Å². The van der Waals surface area contributed by atoms with Gasteiger partial charge in [-0.25, -0.2) is 0 Å². The Labute approximate surface area is 112 Å². The van der Waals surface area contributed by atoms with Crippen LogP contribution < -0.4 is 4.74 Å². The Morgan fingerprint density at radius 2 is 1.84 bits per heavy atom. The van der Waals surface area contributed by atoms with E-state index in [1.165, 1.54) is 6.92 Å². The number of nitrogens with zero attached hydrogens (tertiary/aromatic N) is 1. The van der Waals surface area contributed by atoms with Gasteiger partial charge in [0.1, 0.15) is 18.5 Å². The van der Waals surface area contributed by atoms with Crippen LogP contribution in [0.1, 0.15) is 13.8 Å². The minimum absolute atomic E-state index is 0.165.